The van der Waals surface area contributed by atoms with Crippen LogP contribution in [0.1, 0.15) is 19.8 Å². The quantitative estimate of drug-likeness (QED) is 0.666. The summed E-state index contributed by atoms with van der Waals surface area (Å²) in [5.41, 5.74) is 0. The molecule has 0 aromatic carbocycles. The molecule has 1 N–H and O–H groups in total. The molecule has 0 amide bonds. The number of rotatable bonds is 10. The fourth-order valence-electron chi connectivity index (χ4n) is 2.50. The molecule has 1 saturated heterocycles. The number of piperazine rings is 1. The van der Waals surface area contributed by atoms with Gasteiger partial charge in [-0.2, -0.15) is 0 Å². The van der Waals surface area contributed by atoms with Crippen molar-refractivity contribution in [3.05, 3.63) is 11.6 Å². The van der Waals surface area contributed by atoms with Gasteiger partial charge >= 0.3 is 0 Å². The van der Waals surface area contributed by atoms with Gasteiger partial charge < -0.3 is 15.0 Å². The molecule has 1 aromatic rings. The van der Waals surface area contributed by atoms with Crippen LogP contribution in [0.4, 0.5) is 5.13 Å². The molecule has 120 valence electrons. The van der Waals surface area contributed by atoms with Crippen molar-refractivity contribution in [1.29, 1.82) is 0 Å². The summed E-state index contributed by atoms with van der Waals surface area (Å²) in [6.07, 6.45) is 4.26. The molecule has 1 aromatic heterocycles. The zero-order valence-electron chi connectivity index (χ0n) is 13.1. The summed E-state index contributed by atoms with van der Waals surface area (Å²) < 4.78 is 5.33. The summed E-state index contributed by atoms with van der Waals surface area (Å²) in [5, 5.41) is 6.75. The summed E-state index contributed by atoms with van der Waals surface area (Å²) >= 11 is 1.74. The minimum Gasteiger partial charge on any atom is -0.382 e. The summed E-state index contributed by atoms with van der Waals surface area (Å²) in [6.45, 7) is 11.6. The maximum atomic E-state index is 5.33. The Kier molecular flexibility index (Phi) is 8.03. The number of hydrogen-bond donors (Lipinski definition) is 1. The van der Waals surface area contributed by atoms with Crippen LogP contribution in [0.2, 0.25) is 0 Å². The second kappa shape index (κ2) is 10.1. The highest BCUT2D eigenvalue weighted by Crippen LogP contribution is 2.18. The van der Waals surface area contributed by atoms with E-state index in [-0.39, 0.29) is 0 Å². The molecular formula is C15H28N4OS. The normalized spacial score (nSPS) is 16.5. The Morgan fingerprint density at radius 3 is 2.81 bits per heavy atom. The topological polar surface area (TPSA) is 40.6 Å². The monoisotopic (exact) mass is 312 g/mol. The molecule has 0 spiro atoms. The van der Waals surface area contributed by atoms with Crippen molar-refractivity contribution < 1.29 is 4.74 Å². The molecule has 1 aliphatic rings. The van der Waals surface area contributed by atoms with E-state index in [0.717, 1.165) is 65.4 Å². The molecule has 6 heteroatoms. The third-order valence-corrected chi connectivity index (χ3v) is 4.60. The van der Waals surface area contributed by atoms with Gasteiger partial charge in [0.1, 0.15) is 0 Å². The van der Waals surface area contributed by atoms with Gasteiger partial charge in [0.2, 0.25) is 0 Å². The van der Waals surface area contributed by atoms with Crippen molar-refractivity contribution in [3.8, 4) is 0 Å². The van der Waals surface area contributed by atoms with Gasteiger partial charge in [0.05, 0.1) is 0 Å². The van der Waals surface area contributed by atoms with Gasteiger partial charge in [0.25, 0.3) is 0 Å². The molecule has 0 radical (unpaired) electrons. The molecule has 2 rings (SSSR count). The van der Waals surface area contributed by atoms with Crippen LogP contribution in [0.25, 0.3) is 0 Å². The standard InChI is InChI=1S/C15H28N4OS/c1-2-20-13-4-3-5-16-6-8-18-9-11-19(12-10-18)15-17-7-14-21-15/h7,14,16H,2-6,8-13H2,1H3. The van der Waals surface area contributed by atoms with E-state index in [1.807, 2.05) is 13.1 Å². The first-order valence-electron chi connectivity index (χ1n) is 8.05. The Morgan fingerprint density at radius 2 is 2.10 bits per heavy atom. The summed E-state index contributed by atoms with van der Waals surface area (Å²) in [6, 6.07) is 0. The van der Waals surface area contributed by atoms with E-state index in [2.05, 4.69) is 25.5 Å². The maximum absolute atomic E-state index is 5.33. The Hall–Kier alpha value is -0.690. The van der Waals surface area contributed by atoms with E-state index >= 15 is 0 Å². The summed E-state index contributed by atoms with van der Waals surface area (Å²) in [5.74, 6) is 0. The lowest BCUT2D eigenvalue weighted by Gasteiger charge is -2.34. The predicted octanol–water partition coefficient (Wildman–Crippen LogP) is 1.67. The second-order valence-corrected chi connectivity index (χ2v) is 6.17. The molecule has 0 saturated carbocycles. The Morgan fingerprint density at radius 1 is 1.24 bits per heavy atom. The van der Waals surface area contributed by atoms with Gasteiger partial charge in [-0.1, -0.05) is 0 Å². The van der Waals surface area contributed by atoms with Gasteiger partial charge in [-0.05, 0) is 26.3 Å². The van der Waals surface area contributed by atoms with Gasteiger partial charge in [0.15, 0.2) is 5.13 Å². The maximum Gasteiger partial charge on any atom is 0.185 e. The smallest absolute Gasteiger partial charge is 0.185 e. The molecule has 2 heterocycles. The van der Waals surface area contributed by atoms with Crippen molar-refractivity contribution in [2.24, 2.45) is 0 Å². The number of unbranched alkanes of at least 4 members (excludes halogenated alkanes) is 1. The fraction of sp³-hybridized carbons (Fsp3) is 0.800. The van der Waals surface area contributed by atoms with Crippen LogP contribution in [0.5, 0.6) is 0 Å². The van der Waals surface area contributed by atoms with Crippen molar-refractivity contribution in [3.63, 3.8) is 0 Å². The van der Waals surface area contributed by atoms with Crippen LogP contribution < -0.4 is 10.2 Å². The van der Waals surface area contributed by atoms with E-state index in [9.17, 15) is 0 Å². The summed E-state index contributed by atoms with van der Waals surface area (Å²) in [7, 11) is 0. The van der Waals surface area contributed by atoms with Crippen LogP contribution >= 0.6 is 11.3 Å². The van der Waals surface area contributed by atoms with E-state index in [0.29, 0.717) is 0 Å². The molecule has 0 atom stereocenters. The van der Waals surface area contributed by atoms with Crippen molar-refractivity contribution >= 4 is 16.5 Å². The molecule has 0 unspecified atom stereocenters. The molecule has 21 heavy (non-hydrogen) atoms. The number of ether oxygens (including phenoxy) is 1. The fourth-order valence-corrected chi connectivity index (χ4v) is 3.19. The number of hydrogen-bond acceptors (Lipinski definition) is 6. The average molecular weight is 312 g/mol. The van der Waals surface area contributed by atoms with Crippen LogP contribution in [0.3, 0.4) is 0 Å². The largest absolute Gasteiger partial charge is 0.382 e. The minimum atomic E-state index is 0.834. The first kappa shape index (κ1) is 16.7. The average Bonchev–Trinajstić information content (AvgIpc) is 3.05. The predicted molar refractivity (Wildman–Crippen MR) is 89.4 cm³/mol. The third kappa shape index (κ3) is 6.30. The third-order valence-electron chi connectivity index (χ3n) is 3.76. The number of anilines is 1. The lowest BCUT2D eigenvalue weighted by Crippen LogP contribution is -2.48. The lowest BCUT2D eigenvalue weighted by molar-refractivity contribution is 0.143. The van der Waals surface area contributed by atoms with Crippen LogP contribution in [-0.2, 0) is 4.74 Å². The number of aromatic nitrogens is 1. The van der Waals surface area contributed by atoms with Crippen molar-refractivity contribution in [2.45, 2.75) is 19.8 Å². The van der Waals surface area contributed by atoms with E-state index in [1.165, 1.54) is 11.6 Å². The van der Waals surface area contributed by atoms with Gasteiger partial charge in [0, 0.05) is 64.1 Å². The molecular weight excluding hydrogens is 284 g/mol. The number of nitrogens with zero attached hydrogens (tertiary/aromatic N) is 3. The highest BCUT2D eigenvalue weighted by atomic mass is 32.1. The van der Waals surface area contributed by atoms with Gasteiger partial charge in [-0.15, -0.1) is 11.3 Å². The SMILES string of the molecule is CCOCCCCNCCN1CCN(c2nccs2)CC1. The Labute approximate surface area is 132 Å². The van der Waals surface area contributed by atoms with Gasteiger partial charge in [-0.3, -0.25) is 4.90 Å². The first-order valence-corrected chi connectivity index (χ1v) is 8.93. The highest BCUT2D eigenvalue weighted by molar-refractivity contribution is 7.13. The van der Waals surface area contributed by atoms with Crippen LogP contribution in [0, 0.1) is 0 Å². The minimum absolute atomic E-state index is 0.834. The molecule has 0 bridgehead atoms. The van der Waals surface area contributed by atoms with E-state index in [4.69, 9.17) is 4.74 Å². The molecule has 1 aliphatic heterocycles. The summed E-state index contributed by atoms with van der Waals surface area (Å²) in [4.78, 5) is 9.32. The number of nitrogens with one attached hydrogen (secondary N) is 1. The van der Waals surface area contributed by atoms with Crippen LogP contribution in [0.15, 0.2) is 11.6 Å². The zero-order chi connectivity index (χ0) is 14.8. The Bertz CT molecular complexity index is 353. The second-order valence-electron chi connectivity index (χ2n) is 5.30. The zero-order valence-corrected chi connectivity index (χ0v) is 13.9. The molecule has 0 aliphatic carbocycles. The molecule has 1 fully saturated rings. The van der Waals surface area contributed by atoms with E-state index < -0.39 is 0 Å². The first-order chi connectivity index (χ1) is 10.4. The highest BCUT2D eigenvalue weighted by Gasteiger charge is 2.17. The number of thiazole rings is 1. The van der Waals surface area contributed by atoms with Gasteiger partial charge in [-0.25, -0.2) is 4.98 Å². The Balaban J connectivity index is 1.46. The molecule has 5 nitrogen and oxygen atoms in total. The van der Waals surface area contributed by atoms with Crippen molar-refractivity contribution in [2.75, 3.05) is 63.9 Å². The van der Waals surface area contributed by atoms with Crippen LogP contribution in [-0.4, -0.2) is 68.9 Å². The van der Waals surface area contributed by atoms with Crippen molar-refractivity contribution in [1.82, 2.24) is 15.2 Å². The van der Waals surface area contributed by atoms with E-state index in [1.54, 1.807) is 11.3 Å². The lowest BCUT2D eigenvalue weighted by atomic mass is 10.3.